The lowest BCUT2D eigenvalue weighted by atomic mass is 10.1. The summed E-state index contributed by atoms with van der Waals surface area (Å²) in [7, 11) is 4.04. The molecule has 1 fully saturated rings. The molecule has 2 aromatic heterocycles. The molecule has 3 heterocycles. The van der Waals surface area contributed by atoms with E-state index in [1.165, 1.54) is 0 Å². The van der Waals surface area contributed by atoms with Crippen LogP contribution in [0.1, 0.15) is 26.0 Å². The highest BCUT2D eigenvalue weighted by atomic mass is 16.3. The van der Waals surface area contributed by atoms with Gasteiger partial charge in [0.2, 0.25) is 0 Å². The van der Waals surface area contributed by atoms with Crippen molar-refractivity contribution in [2.45, 2.75) is 32.4 Å². The lowest BCUT2D eigenvalue weighted by Crippen LogP contribution is -2.35. The van der Waals surface area contributed by atoms with Crippen LogP contribution < -0.4 is 15.5 Å². The van der Waals surface area contributed by atoms with E-state index in [2.05, 4.69) is 61.6 Å². The second kappa shape index (κ2) is 10.6. The van der Waals surface area contributed by atoms with Gasteiger partial charge in [-0.05, 0) is 70.6 Å². The highest BCUT2D eigenvalue weighted by molar-refractivity contribution is 5.74. The standard InChI is InChI=1S/C27H33N7O/c1-19(32(3)4)9-10-21-17-22(11-13-29-21)34-16-15-33(14-12-20(34)2)25-18-24(30-31-27(25)28)23-7-5-6-8-26(23)35/h5-8,11,13,17-20,35H,12,14-16H2,1-4H3,(H2,28,31). The summed E-state index contributed by atoms with van der Waals surface area (Å²) in [5.74, 6) is 7.03. The normalized spacial score (nSPS) is 17.0. The molecular weight excluding hydrogens is 438 g/mol. The van der Waals surface area contributed by atoms with Gasteiger partial charge in [0.15, 0.2) is 5.82 Å². The van der Waals surface area contributed by atoms with Gasteiger partial charge in [0.05, 0.1) is 17.4 Å². The zero-order valence-corrected chi connectivity index (χ0v) is 20.8. The van der Waals surface area contributed by atoms with Crippen LogP contribution in [0.2, 0.25) is 0 Å². The van der Waals surface area contributed by atoms with Gasteiger partial charge in [-0.3, -0.25) is 4.90 Å². The van der Waals surface area contributed by atoms with Crippen molar-refractivity contribution in [2.24, 2.45) is 0 Å². The largest absolute Gasteiger partial charge is 0.507 e. The third-order valence-corrected chi connectivity index (χ3v) is 6.54. The van der Waals surface area contributed by atoms with Crippen LogP contribution in [0.15, 0.2) is 48.7 Å². The van der Waals surface area contributed by atoms with Crippen molar-refractivity contribution >= 4 is 17.2 Å². The monoisotopic (exact) mass is 471 g/mol. The number of phenols is 1. The Bertz CT molecular complexity index is 1230. The minimum Gasteiger partial charge on any atom is -0.507 e. The Hall–Kier alpha value is -3.83. The Morgan fingerprint density at radius 2 is 1.91 bits per heavy atom. The molecule has 35 heavy (non-hydrogen) atoms. The number of anilines is 3. The number of phenolic OH excluding ortho intramolecular Hbond substituents is 1. The van der Waals surface area contributed by atoms with Gasteiger partial charge < -0.3 is 20.6 Å². The van der Waals surface area contributed by atoms with Crippen LogP contribution in [0.4, 0.5) is 17.2 Å². The summed E-state index contributed by atoms with van der Waals surface area (Å²) < 4.78 is 0. The Labute approximate surface area is 207 Å². The fraction of sp³-hybridized carbons (Fsp3) is 0.370. The van der Waals surface area contributed by atoms with Gasteiger partial charge in [0, 0.05) is 43.1 Å². The van der Waals surface area contributed by atoms with Gasteiger partial charge in [-0.2, -0.15) is 0 Å². The number of hydrogen-bond acceptors (Lipinski definition) is 8. The lowest BCUT2D eigenvalue weighted by molar-refractivity contribution is 0.373. The van der Waals surface area contributed by atoms with E-state index < -0.39 is 0 Å². The van der Waals surface area contributed by atoms with Crippen LogP contribution >= 0.6 is 0 Å². The average molecular weight is 472 g/mol. The third-order valence-electron chi connectivity index (χ3n) is 6.54. The van der Waals surface area contributed by atoms with E-state index in [0.717, 1.165) is 43.1 Å². The number of aromatic nitrogens is 3. The lowest BCUT2D eigenvalue weighted by Gasteiger charge is -2.29. The summed E-state index contributed by atoms with van der Waals surface area (Å²) in [5.41, 5.74) is 10.2. The molecule has 1 saturated heterocycles. The molecule has 0 amide bonds. The fourth-order valence-corrected chi connectivity index (χ4v) is 4.12. The van der Waals surface area contributed by atoms with Crippen molar-refractivity contribution in [3.05, 3.63) is 54.4 Å². The number of nitrogens with two attached hydrogens (primary N) is 1. The number of hydrogen-bond donors (Lipinski definition) is 2. The van der Waals surface area contributed by atoms with Crippen LogP contribution in [0.25, 0.3) is 11.3 Å². The van der Waals surface area contributed by atoms with E-state index in [1.807, 2.05) is 44.6 Å². The van der Waals surface area contributed by atoms with Crippen LogP contribution in [-0.4, -0.2) is 71.0 Å². The van der Waals surface area contributed by atoms with E-state index in [9.17, 15) is 5.11 Å². The molecule has 0 bridgehead atoms. The van der Waals surface area contributed by atoms with Gasteiger partial charge in [0.1, 0.15) is 11.4 Å². The molecule has 1 aliphatic rings. The molecule has 2 unspecified atom stereocenters. The molecule has 0 aliphatic carbocycles. The SMILES string of the molecule is CC(C#Cc1cc(N2CCN(c3cc(-c4ccccc4O)nnc3N)CCC2C)ccn1)N(C)C. The van der Waals surface area contributed by atoms with Crippen LogP contribution in [0.3, 0.4) is 0 Å². The van der Waals surface area contributed by atoms with Gasteiger partial charge in [-0.15, -0.1) is 10.2 Å². The zero-order valence-electron chi connectivity index (χ0n) is 20.8. The summed E-state index contributed by atoms with van der Waals surface area (Å²) in [5, 5.41) is 18.7. The van der Waals surface area contributed by atoms with Gasteiger partial charge >= 0.3 is 0 Å². The number of nitrogen functional groups attached to an aromatic ring is 1. The Balaban J connectivity index is 1.55. The molecule has 0 radical (unpaired) electrons. The molecule has 8 nitrogen and oxygen atoms in total. The van der Waals surface area contributed by atoms with Crippen LogP contribution in [-0.2, 0) is 0 Å². The molecule has 1 aliphatic heterocycles. The van der Waals surface area contributed by atoms with E-state index in [0.29, 0.717) is 23.1 Å². The minimum absolute atomic E-state index is 0.160. The first-order chi connectivity index (χ1) is 16.8. The quantitative estimate of drug-likeness (QED) is 0.560. The number of rotatable bonds is 4. The molecule has 3 N–H and O–H groups in total. The highest BCUT2D eigenvalue weighted by Gasteiger charge is 2.24. The second-order valence-electron chi connectivity index (χ2n) is 9.14. The first kappa shape index (κ1) is 24.3. The fourth-order valence-electron chi connectivity index (χ4n) is 4.12. The molecule has 1 aromatic carbocycles. The van der Waals surface area contributed by atoms with Gasteiger partial charge in [0.25, 0.3) is 0 Å². The smallest absolute Gasteiger partial charge is 0.169 e. The summed E-state index contributed by atoms with van der Waals surface area (Å²) in [6, 6.07) is 13.7. The zero-order chi connectivity index (χ0) is 24.9. The predicted octanol–water partition coefficient (Wildman–Crippen LogP) is 3.23. The number of benzene rings is 1. The number of pyridine rings is 1. The maximum atomic E-state index is 10.3. The maximum Gasteiger partial charge on any atom is 0.169 e. The molecule has 3 aromatic rings. The molecule has 182 valence electrons. The topological polar surface area (TPSA) is 94.6 Å². The minimum atomic E-state index is 0.160. The molecular formula is C27H33N7O. The molecule has 8 heteroatoms. The van der Waals surface area contributed by atoms with Crippen molar-refractivity contribution in [3.8, 4) is 28.8 Å². The van der Waals surface area contributed by atoms with Crippen molar-refractivity contribution in [1.29, 1.82) is 0 Å². The average Bonchev–Trinajstić information content (AvgIpc) is 3.05. The molecule has 0 spiro atoms. The number of aromatic hydroxyl groups is 1. The van der Waals surface area contributed by atoms with Crippen LogP contribution in [0.5, 0.6) is 5.75 Å². The van der Waals surface area contributed by atoms with E-state index >= 15 is 0 Å². The first-order valence-corrected chi connectivity index (χ1v) is 11.9. The Morgan fingerprint density at radius 3 is 2.69 bits per heavy atom. The van der Waals surface area contributed by atoms with Crippen molar-refractivity contribution in [1.82, 2.24) is 20.1 Å². The number of nitrogens with zero attached hydrogens (tertiary/aromatic N) is 6. The summed E-state index contributed by atoms with van der Waals surface area (Å²) in [4.78, 5) is 11.2. The van der Waals surface area contributed by atoms with E-state index in [-0.39, 0.29) is 11.8 Å². The summed E-state index contributed by atoms with van der Waals surface area (Å²) >= 11 is 0. The predicted molar refractivity (Wildman–Crippen MR) is 141 cm³/mol. The molecule has 2 atom stereocenters. The Kier molecular flexibility index (Phi) is 7.37. The van der Waals surface area contributed by atoms with Crippen LogP contribution in [0, 0.1) is 11.8 Å². The molecule has 0 saturated carbocycles. The first-order valence-electron chi connectivity index (χ1n) is 11.9. The highest BCUT2D eigenvalue weighted by Crippen LogP contribution is 2.32. The summed E-state index contributed by atoms with van der Waals surface area (Å²) in [6.07, 6.45) is 2.78. The summed E-state index contributed by atoms with van der Waals surface area (Å²) in [6.45, 7) is 6.75. The van der Waals surface area contributed by atoms with Gasteiger partial charge in [-0.25, -0.2) is 4.98 Å². The Morgan fingerprint density at radius 1 is 1.11 bits per heavy atom. The van der Waals surface area contributed by atoms with Crippen molar-refractivity contribution < 1.29 is 5.11 Å². The van der Waals surface area contributed by atoms with Gasteiger partial charge in [-0.1, -0.05) is 18.1 Å². The third kappa shape index (κ3) is 5.64. The second-order valence-corrected chi connectivity index (χ2v) is 9.14. The van der Waals surface area contributed by atoms with Crippen molar-refractivity contribution in [3.63, 3.8) is 0 Å². The maximum absolute atomic E-state index is 10.3. The van der Waals surface area contributed by atoms with Crippen molar-refractivity contribution in [2.75, 3.05) is 49.3 Å². The number of para-hydroxylation sites is 1. The molecule has 4 rings (SSSR count). The van der Waals surface area contributed by atoms with E-state index in [4.69, 9.17) is 5.73 Å². The van der Waals surface area contributed by atoms with E-state index in [1.54, 1.807) is 12.1 Å².